The Morgan fingerprint density at radius 3 is 2.38 bits per heavy atom. The zero-order valence-electron chi connectivity index (χ0n) is 20.0. The second kappa shape index (κ2) is 13.7. The maximum Gasteiger partial charge on any atom is 0.320 e. The molecule has 2 rings (SSSR count). The number of carboxylic acid groups (broad SMARTS) is 1. The van der Waals surface area contributed by atoms with Crippen molar-refractivity contribution in [3.8, 4) is 0 Å². The molecule has 0 radical (unpaired) electrons. The highest BCUT2D eigenvalue weighted by Gasteiger charge is 2.25. The van der Waals surface area contributed by atoms with Gasteiger partial charge in [0.15, 0.2) is 11.7 Å². The first-order chi connectivity index (χ1) is 17.4. The SMILES string of the molecule is CC(=O)c1cccc(N(NCc2ccc(Cl)c(Cl)c2)C(=O)CC(=O)N(CCCC(N)C(=O)O)C(=N)N)c1. The Kier molecular flexibility index (Phi) is 11.0. The Labute approximate surface area is 223 Å². The van der Waals surface area contributed by atoms with Gasteiger partial charge in [-0.1, -0.05) is 41.4 Å². The van der Waals surface area contributed by atoms with Gasteiger partial charge in [0.2, 0.25) is 5.91 Å². The summed E-state index contributed by atoms with van der Waals surface area (Å²) >= 11 is 12.0. The summed E-state index contributed by atoms with van der Waals surface area (Å²) in [6.07, 6.45) is -0.453. The first-order valence-electron chi connectivity index (χ1n) is 11.1. The molecule has 2 amide bonds. The number of amides is 2. The average Bonchev–Trinajstić information content (AvgIpc) is 2.83. The van der Waals surface area contributed by atoms with Gasteiger partial charge in [-0.2, -0.15) is 0 Å². The summed E-state index contributed by atoms with van der Waals surface area (Å²) in [5.74, 6) is -3.43. The Bertz CT molecular complexity index is 1190. The summed E-state index contributed by atoms with van der Waals surface area (Å²) in [5, 5.41) is 18.4. The number of aliphatic carboxylic acids is 1. The molecule has 0 bridgehead atoms. The zero-order valence-corrected chi connectivity index (χ0v) is 21.6. The van der Waals surface area contributed by atoms with Gasteiger partial charge in [-0.15, -0.1) is 0 Å². The van der Waals surface area contributed by atoms with Gasteiger partial charge in [0, 0.05) is 18.7 Å². The molecule has 2 aromatic carbocycles. The molecule has 2 aromatic rings. The van der Waals surface area contributed by atoms with E-state index in [4.69, 9.17) is 45.2 Å². The van der Waals surface area contributed by atoms with Crippen molar-refractivity contribution in [2.75, 3.05) is 11.6 Å². The molecule has 11 nitrogen and oxygen atoms in total. The lowest BCUT2D eigenvalue weighted by atomic mass is 10.1. The first-order valence-corrected chi connectivity index (χ1v) is 11.9. The number of carbonyl (C=O) groups is 4. The minimum Gasteiger partial charge on any atom is -0.480 e. The normalized spacial score (nSPS) is 11.5. The lowest BCUT2D eigenvalue weighted by Crippen LogP contribution is -2.48. The molecule has 0 saturated carbocycles. The van der Waals surface area contributed by atoms with Crippen molar-refractivity contribution >= 4 is 58.4 Å². The zero-order chi connectivity index (χ0) is 27.7. The van der Waals surface area contributed by atoms with Crippen molar-refractivity contribution in [2.45, 2.75) is 38.8 Å². The van der Waals surface area contributed by atoms with Crippen LogP contribution in [0, 0.1) is 5.41 Å². The van der Waals surface area contributed by atoms with Crippen LogP contribution < -0.4 is 21.9 Å². The number of hydrazine groups is 1. The predicted molar refractivity (Wildman–Crippen MR) is 140 cm³/mol. The number of Topliss-reactive ketones (excluding diaryl/α,β-unsaturated/α-hetero) is 1. The lowest BCUT2D eigenvalue weighted by Gasteiger charge is -2.26. The summed E-state index contributed by atoms with van der Waals surface area (Å²) in [7, 11) is 0. The molecule has 0 fully saturated rings. The van der Waals surface area contributed by atoms with E-state index < -0.39 is 36.2 Å². The molecule has 1 unspecified atom stereocenters. The van der Waals surface area contributed by atoms with Crippen LogP contribution in [0.5, 0.6) is 0 Å². The third kappa shape index (κ3) is 8.83. The summed E-state index contributed by atoms with van der Waals surface area (Å²) in [4.78, 5) is 49.8. The van der Waals surface area contributed by atoms with Crippen molar-refractivity contribution in [2.24, 2.45) is 11.5 Å². The van der Waals surface area contributed by atoms with E-state index in [1.807, 2.05) is 0 Å². The van der Waals surface area contributed by atoms with E-state index in [-0.39, 0.29) is 31.7 Å². The van der Waals surface area contributed by atoms with Crippen LogP contribution in [0.25, 0.3) is 0 Å². The van der Waals surface area contributed by atoms with Crippen LogP contribution in [0.2, 0.25) is 10.0 Å². The molecule has 0 spiro atoms. The van der Waals surface area contributed by atoms with Crippen molar-refractivity contribution in [1.29, 1.82) is 5.41 Å². The van der Waals surface area contributed by atoms with Crippen LogP contribution >= 0.6 is 23.2 Å². The van der Waals surface area contributed by atoms with Gasteiger partial charge in [0.1, 0.15) is 12.5 Å². The fraction of sp³-hybridized carbons (Fsp3) is 0.292. The summed E-state index contributed by atoms with van der Waals surface area (Å²) < 4.78 is 0. The number of hydrogen-bond donors (Lipinski definition) is 5. The van der Waals surface area contributed by atoms with Crippen LogP contribution in [0.4, 0.5) is 5.69 Å². The third-order valence-electron chi connectivity index (χ3n) is 5.29. The Morgan fingerprint density at radius 1 is 1.08 bits per heavy atom. The molecule has 0 aliphatic rings. The second-order valence-corrected chi connectivity index (χ2v) is 8.93. The second-order valence-electron chi connectivity index (χ2n) is 8.11. The number of rotatable bonds is 12. The van der Waals surface area contributed by atoms with Crippen molar-refractivity contribution < 1.29 is 24.3 Å². The van der Waals surface area contributed by atoms with E-state index in [9.17, 15) is 19.2 Å². The maximum absolute atomic E-state index is 13.3. The molecule has 1 atom stereocenters. The Morgan fingerprint density at radius 2 is 1.78 bits per heavy atom. The van der Waals surface area contributed by atoms with Gasteiger partial charge in [-0.3, -0.25) is 29.5 Å². The molecule has 7 N–H and O–H groups in total. The average molecular weight is 551 g/mol. The minimum absolute atomic E-state index is 0.0511. The van der Waals surface area contributed by atoms with Gasteiger partial charge in [0.25, 0.3) is 5.91 Å². The summed E-state index contributed by atoms with van der Waals surface area (Å²) in [6.45, 7) is 1.43. The number of hydrogen-bond acceptors (Lipinski definition) is 7. The lowest BCUT2D eigenvalue weighted by molar-refractivity contribution is -0.138. The quantitative estimate of drug-likeness (QED) is 0.0876. The number of nitrogens with one attached hydrogen (secondary N) is 2. The third-order valence-corrected chi connectivity index (χ3v) is 6.03. The fourth-order valence-electron chi connectivity index (χ4n) is 3.28. The van der Waals surface area contributed by atoms with E-state index in [0.717, 1.165) is 9.91 Å². The molecular weight excluding hydrogens is 523 g/mol. The standard InChI is InChI=1S/C24H28Cl2N6O5/c1-14(33)16-4-2-5-17(11-16)32(30-13-15-7-8-18(25)19(26)10-15)22(35)12-21(34)31(24(28)29)9-3-6-20(27)23(36)37/h2,4-5,7-8,10-11,20,30H,3,6,9,12-13,27H2,1H3,(H3,28,29)(H,36,37). The van der Waals surface area contributed by atoms with Gasteiger partial charge in [0.05, 0.1) is 15.7 Å². The van der Waals surface area contributed by atoms with E-state index in [1.54, 1.807) is 36.4 Å². The molecule has 0 saturated heterocycles. The monoisotopic (exact) mass is 550 g/mol. The topological polar surface area (TPSA) is 183 Å². The molecule has 0 heterocycles. The number of ketones is 1. The van der Waals surface area contributed by atoms with E-state index >= 15 is 0 Å². The van der Waals surface area contributed by atoms with Crippen LogP contribution in [0.15, 0.2) is 42.5 Å². The number of nitrogens with zero attached hydrogens (tertiary/aromatic N) is 2. The Balaban J connectivity index is 2.22. The number of nitrogens with two attached hydrogens (primary N) is 2. The minimum atomic E-state index is -1.19. The first kappa shape index (κ1) is 29.7. The molecule has 13 heteroatoms. The van der Waals surface area contributed by atoms with E-state index in [2.05, 4.69) is 5.43 Å². The number of guanidine groups is 1. The number of halogens is 2. The fourth-order valence-corrected chi connectivity index (χ4v) is 3.60. The number of anilines is 1. The van der Waals surface area contributed by atoms with E-state index in [0.29, 0.717) is 26.9 Å². The molecule has 37 heavy (non-hydrogen) atoms. The van der Waals surface area contributed by atoms with Gasteiger partial charge in [-0.05, 0) is 49.6 Å². The number of benzene rings is 2. The van der Waals surface area contributed by atoms with Crippen LogP contribution in [0.3, 0.4) is 0 Å². The Hall–Kier alpha value is -3.51. The van der Waals surface area contributed by atoms with Gasteiger partial charge in [-0.25, -0.2) is 10.4 Å². The molecular formula is C24H28Cl2N6O5. The van der Waals surface area contributed by atoms with Crippen molar-refractivity contribution in [1.82, 2.24) is 10.3 Å². The molecule has 198 valence electrons. The number of carbonyl (C=O) groups excluding carboxylic acids is 3. The van der Waals surface area contributed by atoms with Crippen LogP contribution in [-0.2, 0) is 20.9 Å². The van der Waals surface area contributed by atoms with Gasteiger partial charge < -0.3 is 16.6 Å². The van der Waals surface area contributed by atoms with E-state index in [1.165, 1.54) is 13.0 Å². The highest BCUT2D eigenvalue weighted by Crippen LogP contribution is 2.23. The summed E-state index contributed by atoms with van der Waals surface area (Å²) in [6, 6.07) is 10.1. The number of carboxylic acids is 1. The van der Waals surface area contributed by atoms with Crippen LogP contribution in [0.1, 0.15) is 42.1 Å². The molecule has 0 aliphatic heterocycles. The molecule has 0 aromatic heterocycles. The highest BCUT2D eigenvalue weighted by atomic mass is 35.5. The predicted octanol–water partition coefficient (Wildman–Crippen LogP) is 2.54. The van der Waals surface area contributed by atoms with Crippen LogP contribution in [-0.4, -0.2) is 52.1 Å². The van der Waals surface area contributed by atoms with Gasteiger partial charge >= 0.3 is 5.97 Å². The smallest absolute Gasteiger partial charge is 0.320 e. The summed E-state index contributed by atoms with van der Waals surface area (Å²) in [5.41, 5.74) is 15.3. The molecule has 0 aliphatic carbocycles. The largest absolute Gasteiger partial charge is 0.480 e. The van der Waals surface area contributed by atoms with Crippen molar-refractivity contribution in [3.63, 3.8) is 0 Å². The van der Waals surface area contributed by atoms with Crippen molar-refractivity contribution in [3.05, 3.63) is 63.6 Å². The maximum atomic E-state index is 13.3. The highest BCUT2D eigenvalue weighted by molar-refractivity contribution is 6.42.